The molecule has 4 atom stereocenters. The number of thiazole rings is 1. The van der Waals surface area contributed by atoms with Crippen molar-refractivity contribution in [3.8, 4) is 0 Å². The van der Waals surface area contributed by atoms with E-state index >= 15 is 0 Å². The van der Waals surface area contributed by atoms with Gasteiger partial charge in [-0.3, -0.25) is 14.5 Å². The number of rotatable bonds is 12. The summed E-state index contributed by atoms with van der Waals surface area (Å²) in [6.07, 6.45) is 8.31. The first-order valence-electron chi connectivity index (χ1n) is 15.2. The SMILES string of the molecule is CC(C)(C)OC(=O)N[C@@H](Cc1ccccc1)C(=O)N(C(=O)[C@@H](N)Cc1cnc[nH]1)C(CC1CCCCC1)C(O)c1nccs1. The molecular weight excluding hydrogens is 580 g/mol. The number of ether oxygens (including phenoxy) is 1. The van der Waals surface area contributed by atoms with E-state index in [9.17, 15) is 19.5 Å². The van der Waals surface area contributed by atoms with E-state index in [2.05, 4.69) is 20.3 Å². The van der Waals surface area contributed by atoms with Crippen LogP contribution in [0.3, 0.4) is 0 Å². The average molecular weight is 625 g/mol. The highest BCUT2D eigenvalue weighted by molar-refractivity contribution is 7.09. The number of imide groups is 1. The normalized spacial score (nSPS) is 16.8. The van der Waals surface area contributed by atoms with Gasteiger partial charge in [-0.15, -0.1) is 11.3 Å². The molecule has 1 saturated carbocycles. The predicted molar refractivity (Wildman–Crippen MR) is 167 cm³/mol. The summed E-state index contributed by atoms with van der Waals surface area (Å²) in [4.78, 5) is 54.4. The third-order valence-corrected chi connectivity index (χ3v) is 8.60. The van der Waals surface area contributed by atoms with Crippen LogP contribution in [0.2, 0.25) is 0 Å². The number of H-pyrrole nitrogens is 1. The van der Waals surface area contributed by atoms with Crippen LogP contribution in [-0.2, 0) is 27.2 Å². The molecule has 1 aromatic carbocycles. The fourth-order valence-corrected chi connectivity index (χ4v) is 6.37. The van der Waals surface area contributed by atoms with Crippen molar-refractivity contribution in [2.75, 3.05) is 0 Å². The molecule has 0 radical (unpaired) electrons. The fourth-order valence-electron chi connectivity index (χ4n) is 5.69. The molecule has 3 amide bonds. The van der Waals surface area contributed by atoms with Crippen LogP contribution in [0.5, 0.6) is 0 Å². The average Bonchev–Trinajstić information content (AvgIpc) is 3.71. The van der Waals surface area contributed by atoms with Crippen molar-refractivity contribution in [3.63, 3.8) is 0 Å². The topological polar surface area (TPSA) is 164 Å². The number of aromatic nitrogens is 3. The molecule has 2 heterocycles. The van der Waals surface area contributed by atoms with Crippen LogP contribution >= 0.6 is 11.3 Å². The van der Waals surface area contributed by atoms with Crippen LogP contribution in [0.15, 0.2) is 54.4 Å². The van der Waals surface area contributed by atoms with Gasteiger partial charge in [-0.1, -0.05) is 62.4 Å². The van der Waals surface area contributed by atoms with E-state index in [1.165, 1.54) is 17.7 Å². The zero-order valence-electron chi connectivity index (χ0n) is 25.6. The van der Waals surface area contributed by atoms with Crippen LogP contribution < -0.4 is 11.1 Å². The zero-order chi connectivity index (χ0) is 31.7. The van der Waals surface area contributed by atoms with E-state index in [4.69, 9.17) is 10.5 Å². The lowest BCUT2D eigenvalue weighted by Gasteiger charge is -2.38. The number of aliphatic hydroxyl groups is 1. The third-order valence-electron chi connectivity index (χ3n) is 7.76. The van der Waals surface area contributed by atoms with E-state index < -0.39 is 47.7 Å². The Kier molecular flexibility index (Phi) is 11.7. The summed E-state index contributed by atoms with van der Waals surface area (Å²) in [6, 6.07) is 5.99. The molecule has 3 aromatic rings. The summed E-state index contributed by atoms with van der Waals surface area (Å²) in [5.41, 5.74) is 7.08. The van der Waals surface area contributed by atoms with Gasteiger partial charge in [0.15, 0.2) is 0 Å². The molecular formula is C32H44N6O5S. The number of amides is 3. The van der Waals surface area contributed by atoms with Crippen molar-refractivity contribution >= 4 is 29.2 Å². The number of hydrogen-bond acceptors (Lipinski definition) is 9. The van der Waals surface area contributed by atoms with Gasteiger partial charge in [0, 0.05) is 36.3 Å². The molecule has 44 heavy (non-hydrogen) atoms. The number of nitrogens with one attached hydrogen (secondary N) is 2. The molecule has 12 heteroatoms. The molecule has 1 aliphatic carbocycles. The Bertz CT molecular complexity index is 1320. The van der Waals surface area contributed by atoms with Crippen LogP contribution in [0.1, 0.15) is 81.7 Å². The molecule has 4 rings (SSSR count). The molecule has 238 valence electrons. The van der Waals surface area contributed by atoms with Gasteiger partial charge in [-0.25, -0.2) is 14.8 Å². The van der Waals surface area contributed by atoms with Crippen molar-refractivity contribution in [1.82, 2.24) is 25.2 Å². The van der Waals surface area contributed by atoms with Gasteiger partial charge in [0.05, 0.1) is 18.4 Å². The highest BCUT2D eigenvalue weighted by atomic mass is 32.1. The third kappa shape index (κ3) is 9.44. The monoisotopic (exact) mass is 624 g/mol. The minimum Gasteiger partial charge on any atom is -0.444 e. The summed E-state index contributed by atoms with van der Waals surface area (Å²) < 4.78 is 5.50. The van der Waals surface area contributed by atoms with Crippen molar-refractivity contribution in [2.45, 2.75) is 102 Å². The fraction of sp³-hybridized carbons (Fsp3) is 0.531. The predicted octanol–water partition coefficient (Wildman–Crippen LogP) is 4.30. The Labute approximate surface area is 262 Å². The number of aromatic amines is 1. The summed E-state index contributed by atoms with van der Waals surface area (Å²) in [7, 11) is 0. The lowest BCUT2D eigenvalue weighted by atomic mass is 9.83. The van der Waals surface area contributed by atoms with E-state index in [1.54, 1.807) is 38.5 Å². The smallest absolute Gasteiger partial charge is 0.408 e. The largest absolute Gasteiger partial charge is 0.444 e. The van der Waals surface area contributed by atoms with E-state index in [0.29, 0.717) is 17.1 Å². The van der Waals surface area contributed by atoms with Crippen molar-refractivity contribution < 1.29 is 24.2 Å². The number of carbonyl (C=O) groups excluding carboxylic acids is 3. The second kappa shape index (κ2) is 15.4. The number of imidazole rings is 1. The molecule has 2 unspecified atom stereocenters. The molecule has 1 aliphatic rings. The van der Waals surface area contributed by atoms with Crippen LogP contribution in [0.4, 0.5) is 4.79 Å². The Hall–Kier alpha value is -3.61. The molecule has 5 N–H and O–H groups in total. The molecule has 11 nitrogen and oxygen atoms in total. The quantitative estimate of drug-likeness (QED) is 0.232. The lowest BCUT2D eigenvalue weighted by Crippen LogP contribution is -2.60. The minimum absolute atomic E-state index is 0.0992. The van der Waals surface area contributed by atoms with Gasteiger partial charge in [0.1, 0.15) is 22.8 Å². The lowest BCUT2D eigenvalue weighted by molar-refractivity contribution is -0.154. The van der Waals surface area contributed by atoms with Gasteiger partial charge in [0.25, 0.3) is 5.91 Å². The molecule has 2 aromatic heterocycles. The van der Waals surface area contributed by atoms with Gasteiger partial charge < -0.3 is 25.9 Å². The first-order chi connectivity index (χ1) is 21.0. The highest BCUT2D eigenvalue weighted by Crippen LogP contribution is 2.34. The first-order valence-corrected chi connectivity index (χ1v) is 16.1. The maximum Gasteiger partial charge on any atom is 0.408 e. The van der Waals surface area contributed by atoms with E-state index in [0.717, 1.165) is 42.6 Å². The maximum absolute atomic E-state index is 14.7. The minimum atomic E-state index is -1.23. The number of hydrogen-bond donors (Lipinski definition) is 4. The second-order valence-corrected chi connectivity index (χ2v) is 13.4. The van der Waals surface area contributed by atoms with Crippen molar-refractivity contribution in [2.24, 2.45) is 11.7 Å². The number of benzene rings is 1. The van der Waals surface area contributed by atoms with Gasteiger partial charge >= 0.3 is 6.09 Å². The van der Waals surface area contributed by atoms with Crippen molar-refractivity contribution in [1.29, 1.82) is 0 Å². The molecule has 0 saturated heterocycles. The highest BCUT2D eigenvalue weighted by Gasteiger charge is 2.42. The van der Waals surface area contributed by atoms with Gasteiger partial charge in [-0.2, -0.15) is 0 Å². The molecule has 1 fully saturated rings. The number of aliphatic hydroxyl groups excluding tert-OH is 1. The van der Waals surface area contributed by atoms with Crippen LogP contribution in [0, 0.1) is 5.92 Å². The Balaban J connectivity index is 1.74. The van der Waals surface area contributed by atoms with Crippen LogP contribution in [-0.4, -0.2) is 66.6 Å². The first kappa shape index (κ1) is 33.3. The van der Waals surface area contributed by atoms with Gasteiger partial charge in [0.2, 0.25) is 5.91 Å². The molecule has 0 aliphatic heterocycles. The Morgan fingerprint density at radius 2 is 1.86 bits per heavy atom. The van der Waals surface area contributed by atoms with E-state index in [-0.39, 0.29) is 18.8 Å². The summed E-state index contributed by atoms with van der Waals surface area (Å²) in [5.74, 6) is -1.12. The van der Waals surface area contributed by atoms with Crippen LogP contribution in [0.25, 0.3) is 0 Å². The molecule has 0 spiro atoms. The maximum atomic E-state index is 14.7. The molecule has 0 bridgehead atoms. The second-order valence-electron chi connectivity index (χ2n) is 12.4. The summed E-state index contributed by atoms with van der Waals surface area (Å²) in [5, 5.41) is 16.6. The number of carbonyl (C=O) groups is 3. The summed E-state index contributed by atoms with van der Waals surface area (Å²) in [6.45, 7) is 5.19. The summed E-state index contributed by atoms with van der Waals surface area (Å²) >= 11 is 1.26. The van der Waals surface area contributed by atoms with E-state index in [1.807, 2.05) is 30.3 Å². The number of alkyl carbamates (subject to hydrolysis) is 1. The Morgan fingerprint density at radius 3 is 2.48 bits per heavy atom. The van der Waals surface area contributed by atoms with Gasteiger partial charge in [-0.05, 0) is 38.7 Å². The standard InChI is InChI=1S/C32H44N6O5S/c1-32(2,3)43-31(42)37-25(16-21-10-6-4-7-11-21)30(41)38(29(40)24(33)18-23-19-34-20-36-23)26(17-22-12-8-5-9-13-22)27(39)28-35-14-15-44-28/h4,6-7,10-11,14-15,19-20,22,24-27,39H,5,8-9,12-13,16-18,33H2,1-3H3,(H,34,36)(H,37,42)/t24-,25-,26?,27?/m0/s1. The Morgan fingerprint density at radius 1 is 1.14 bits per heavy atom. The number of nitrogens with zero attached hydrogens (tertiary/aromatic N) is 3. The zero-order valence-corrected chi connectivity index (χ0v) is 26.5. The van der Waals surface area contributed by atoms with Crippen molar-refractivity contribution in [3.05, 3.63) is 70.7 Å². The number of nitrogens with two attached hydrogens (primary N) is 1.